The Hall–Kier alpha value is -4.18. The number of para-hydroxylation sites is 1. The van der Waals surface area contributed by atoms with Gasteiger partial charge >= 0.3 is 12.4 Å². The molecule has 0 fully saturated rings. The highest BCUT2D eigenvalue weighted by atomic mass is 32.2. The van der Waals surface area contributed by atoms with E-state index in [0.717, 1.165) is 22.5 Å². The number of pyridine rings is 1. The lowest BCUT2D eigenvalue weighted by atomic mass is 10.1. The second kappa shape index (κ2) is 9.23. The summed E-state index contributed by atoms with van der Waals surface area (Å²) in [6.45, 7) is -1.17. The molecule has 0 aliphatic carbocycles. The van der Waals surface area contributed by atoms with E-state index in [2.05, 4.69) is 20.4 Å². The minimum atomic E-state index is -4.79. The van der Waals surface area contributed by atoms with Crippen LogP contribution in [0.25, 0.3) is 11.4 Å². The van der Waals surface area contributed by atoms with Crippen molar-refractivity contribution in [3.63, 3.8) is 0 Å². The van der Waals surface area contributed by atoms with Crippen LogP contribution in [0.4, 0.5) is 43.5 Å². The average molecular weight is 571 g/mol. The Kier molecular flexibility index (Phi) is 6.26. The Bertz CT molecular complexity index is 1650. The molecule has 0 unspecified atom stereocenters. The van der Waals surface area contributed by atoms with Gasteiger partial charge in [0.05, 0.1) is 28.4 Å². The highest BCUT2D eigenvalue weighted by molar-refractivity contribution is 7.92. The molecule has 1 aliphatic rings. The van der Waals surface area contributed by atoms with E-state index in [-0.39, 0.29) is 40.0 Å². The van der Waals surface area contributed by atoms with Gasteiger partial charge in [0.1, 0.15) is 18.1 Å². The zero-order chi connectivity index (χ0) is 28.2. The van der Waals surface area contributed by atoms with Crippen LogP contribution in [0.15, 0.2) is 64.0 Å². The molecule has 204 valence electrons. The fourth-order valence-corrected chi connectivity index (χ4v) is 5.39. The van der Waals surface area contributed by atoms with Gasteiger partial charge < -0.3 is 14.9 Å². The maximum atomic E-state index is 13.9. The predicted molar refractivity (Wildman–Crippen MR) is 123 cm³/mol. The molecule has 0 bridgehead atoms. The number of nitrogens with zero attached hydrogens (tertiary/aromatic N) is 4. The Balaban J connectivity index is 1.72. The SMILES string of the molecule is O=S(=O)(c1ccc(C(F)(F)F)cc1)N1Cc2ccc(C(F)(F)F)nc2Nc2cccc(-c3noc(CO)n3)c21. The molecule has 2 N–H and O–H groups in total. The summed E-state index contributed by atoms with van der Waals surface area (Å²) in [7, 11) is -4.63. The first-order chi connectivity index (χ1) is 18.3. The van der Waals surface area contributed by atoms with Gasteiger partial charge in [-0.05, 0) is 42.5 Å². The third-order valence-electron chi connectivity index (χ3n) is 5.74. The zero-order valence-electron chi connectivity index (χ0n) is 19.2. The van der Waals surface area contributed by atoms with Gasteiger partial charge in [-0.3, -0.25) is 4.31 Å². The van der Waals surface area contributed by atoms with Crippen molar-refractivity contribution in [3.8, 4) is 11.4 Å². The van der Waals surface area contributed by atoms with E-state index in [1.165, 1.54) is 18.2 Å². The van der Waals surface area contributed by atoms with E-state index < -0.39 is 51.7 Å². The minimum Gasteiger partial charge on any atom is -0.387 e. The standard InChI is InChI=1S/C23H15F6N5O4S/c24-22(25,26)13-5-7-14(8-6-13)39(36,37)34-10-12-4-9-17(23(27,28)29)31-20(12)30-16-3-1-2-15(19(16)34)21-32-18(11-35)38-33-21/h1-9,35H,10-11H2,(H,30,31). The topological polar surface area (TPSA) is 121 Å². The molecule has 5 rings (SSSR count). The summed E-state index contributed by atoms with van der Waals surface area (Å²) in [6.07, 6.45) is -9.50. The summed E-state index contributed by atoms with van der Waals surface area (Å²) in [6, 6.07) is 8.74. The molecule has 0 saturated heterocycles. The molecule has 9 nitrogen and oxygen atoms in total. The van der Waals surface area contributed by atoms with Crippen molar-refractivity contribution in [1.82, 2.24) is 15.1 Å². The number of benzene rings is 2. The maximum absolute atomic E-state index is 13.9. The lowest BCUT2D eigenvalue weighted by Gasteiger charge is -2.26. The van der Waals surface area contributed by atoms with E-state index in [4.69, 9.17) is 4.52 Å². The van der Waals surface area contributed by atoms with Crippen molar-refractivity contribution in [2.75, 3.05) is 9.62 Å². The van der Waals surface area contributed by atoms with Crippen LogP contribution in [0.1, 0.15) is 22.7 Å². The van der Waals surface area contributed by atoms with Crippen LogP contribution in [-0.4, -0.2) is 28.6 Å². The van der Waals surface area contributed by atoms with E-state index >= 15 is 0 Å². The van der Waals surface area contributed by atoms with Crippen LogP contribution < -0.4 is 9.62 Å². The fraction of sp³-hybridized carbons (Fsp3) is 0.174. The lowest BCUT2D eigenvalue weighted by Crippen LogP contribution is -2.31. The van der Waals surface area contributed by atoms with Gasteiger partial charge in [0.25, 0.3) is 15.9 Å². The van der Waals surface area contributed by atoms with Crippen LogP contribution in [0.2, 0.25) is 0 Å². The summed E-state index contributed by atoms with van der Waals surface area (Å²) < 4.78 is 113. The van der Waals surface area contributed by atoms with Gasteiger partial charge in [-0.2, -0.15) is 31.3 Å². The van der Waals surface area contributed by atoms with Gasteiger partial charge in [-0.25, -0.2) is 13.4 Å². The van der Waals surface area contributed by atoms with Crippen molar-refractivity contribution in [2.24, 2.45) is 0 Å². The number of aliphatic hydroxyl groups excluding tert-OH is 1. The van der Waals surface area contributed by atoms with Crippen molar-refractivity contribution in [3.05, 3.63) is 77.3 Å². The van der Waals surface area contributed by atoms with Crippen LogP contribution in [0.5, 0.6) is 0 Å². The maximum Gasteiger partial charge on any atom is 0.433 e. The summed E-state index contributed by atoms with van der Waals surface area (Å²) >= 11 is 0. The molecule has 16 heteroatoms. The Morgan fingerprint density at radius 1 is 0.949 bits per heavy atom. The third kappa shape index (κ3) is 4.87. The van der Waals surface area contributed by atoms with Crippen molar-refractivity contribution in [1.29, 1.82) is 0 Å². The molecular formula is C23H15F6N5O4S. The van der Waals surface area contributed by atoms with E-state index in [9.17, 15) is 39.9 Å². The van der Waals surface area contributed by atoms with Crippen molar-refractivity contribution in [2.45, 2.75) is 30.4 Å². The summed E-state index contributed by atoms with van der Waals surface area (Å²) in [5.41, 5.74) is -2.35. The second-order valence-corrected chi connectivity index (χ2v) is 10.1. The molecule has 0 spiro atoms. The van der Waals surface area contributed by atoms with E-state index in [1.807, 2.05) is 0 Å². The molecule has 0 saturated carbocycles. The number of aliphatic hydroxyl groups is 1. The molecule has 4 aromatic rings. The summed E-state index contributed by atoms with van der Waals surface area (Å²) in [4.78, 5) is 7.11. The molecular weight excluding hydrogens is 556 g/mol. The molecule has 0 atom stereocenters. The first-order valence-corrected chi connectivity index (χ1v) is 12.3. The summed E-state index contributed by atoms with van der Waals surface area (Å²) in [5.74, 6) is -0.626. The van der Waals surface area contributed by atoms with Crippen LogP contribution in [0, 0.1) is 0 Å². The van der Waals surface area contributed by atoms with Crippen LogP contribution in [0.3, 0.4) is 0 Å². The Morgan fingerprint density at radius 2 is 1.67 bits per heavy atom. The van der Waals surface area contributed by atoms with Crippen LogP contribution in [-0.2, 0) is 35.5 Å². The minimum absolute atomic E-state index is 0.0103. The number of halogens is 6. The van der Waals surface area contributed by atoms with Gasteiger partial charge in [0.2, 0.25) is 5.82 Å². The Labute approximate surface area is 215 Å². The molecule has 3 heterocycles. The quantitative estimate of drug-likeness (QED) is 0.324. The zero-order valence-corrected chi connectivity index (χ0v) is 20.1. The van der Waals surface area contributed by atoms with Gasteiger partial charge in [0.15, 0.2) is 0 Å². The molecule has 1 aliphatic heterocycles. The first kappa shape index (κ1) is 26.4. The highest BCUT2D eigenvalue weighted by Crippen LogP contribution is 2.44. The number of alkyl halides is 6. The lowest BCUT2D eigenvalue weighted by molar-refractivity contribution is -0.141. The molecule has 2 aromatic heterocycles. The smallest absolute Gasteiger partial charge is 0.387 e. The summed E-state index contributed by atoms with van der Waals surface area (Å²) in [5, 5.41) is 15.8. The number of nitrogens with one attached hydrogen (secondary N) is 1. The number of anilines is 3. The number of hydrogen-bond acceptors (Lipinski definition) is 8. The largest absolute Gasteiger partial charge is 0.433 e. The number of rotatable bonds is 4. The fourth-order valence-electron chi connectivity index (χ4n) is 3.91. The van der Waals surface area contributed by atoms with Gasteiger partial charge in [-0.1, -0.05) is 17.3 Å². The monoisotopic (exact) mass is 571 g/mol. The van der Waals surface area contributed by atoms with E-state index in [1.54, 1.807) is 0 Å². The number of fused-ring (bicyclic) bond motifs is 2. The first-order valence-electron chi connectivity index (χ1n) is 10.9. The van der Waals surface area contributed by atoms with Crippen molar-refractivity contribution >= 4 is 27.2 Å². The van der Waals surface area contributed by atoms with E-state index in [0.29, 0.717) is 18.2 Å². The predicted octanol–water partition coefficient (Wildman–Crippen LogP) is 5.11. The number of sulfonamides is 1. The average Bonchev–Trinajstić information content (AvgIpc) is 3.29. The molecule has 2 aromatic carbocycles. The molecule has 0 radical (unpaired) electrons. The van der Waals surface area contributed by atoms with Gasteiger partial charge in [-0.15, -0.1) is 0 Å². The van der Waals surface area contributed by atoms with Crippen molar-refractivity contribution < 1.29 is 44.4 Å². The highest BCUT2D eigenvalue weighted by Gasteiger charge is 2.37. The Morgan fingerprint density at radius 3 is 2.28 bits per heavy atom. The third-order valence-corrected chi connectivity index (χ3v) is 7.50. The molecule has 0 amide bonds. The number of aromatic nitrogens is 3. The molecule has 39 heavy (non-hydrogen) atoms. The second-order valence-electron chi connectivity index (χ2n) is 8.23. The number of hydrogen-bond donors (Lipinski definition) is 2. The normalized spacial score (nSPS) is 13.9. The van der Waals surface area contributed by atoms with Crippen LogP contribution >= 0.6 is 0 Å². The van der Waals surface area contributed by atoms with Gasteiger partial charge in [0, 0.05) is 11.1 Å².